The van der Waals surface area contributed by atoms with Gasteiger partial charge in [-0.3, -0.25) is 0 Å². The van der Waals surface area contributed by atoms with Crippen molar-refractivity contribution in [1.29, 1.82) is 0 Å². The second-order valence-electron chi connectivity index (χ2n) is 4.23. The first-order valence-corrected chi connectivity index (χ1v) is 7.15. The topological polar surface area (TPSA) is 83.8 Å². The molecular weight excluding hydrogens is 301 g/mol. The van der Waals surface area contributed by atoms with Gasteiger partial charge in [-0.2, -0.15) is 4.98 Å². The highest BCUT2D eigenvalue weighted by atomic mass is 35.5. The number of aryl methyl sites for hydroxylation is 1. The van der Waals surface area contributed by atoms with Crippen molar-refractivity contribution in [1.82, 2.24) is 19.9 Å². The Labute approximate surface area is 126 Å². The molecule has 0 bridgehead atoms. The largest absolute Gasteiger partial charge is 0.396 e. The van der Waals surface area contributed by atoms with E-state index in [9.17, 15) is 0 Å². The van der Waals surface area contributed by atoms with Crippen molar-refractivity contribution in [3.63, 3.8) is 0 Å². The van der Waals surface area contributed by atoms with E-state index >= 15 is 0 Å². The Kier molecular flexibility index (Phi) is 5.28. The molecule has 0 unspecified atom stereocenters. The minimum Gasteiger partial charge on any atom is -0.396 e. The quantitative estimate of drug-likeness (QED) is 0.797. The van der Waals surface area contributed by atoms with Gasteiger partial charge in [0.25, 0.3) is 0 Å². The molecule has 0 saturated heterocycles. The number of anilines is 1. The Balaban J connectivity index is 2.55. The zero-order valence-corrected chi connectivity index (χ0v) is 12.5. The van der Waals surface area contributed by atoms with Crippen LogP contribution >= 0.6 is 23.2 Å². The standard InChI is InChI=1S/C12H15Cl2N5O/c1-2-5-15-10-9-8(17-12(14)19-10)7(4-3-6-20)16-11(13)18-9/h20H,2-6H2,1H3,(H,15,17,19). The van der Waals surface area contributed by atoms with E-state index in [-0.39, 0.29) is 17.2 Å². The minimum absolute atomic E-state index is 0.0723. The van der Waals surface area contributed by atoms with Crippen molar-refractivity contribution in [2.45, 2.75) is 26.2 Å². The van der Waals surface area contributed by atoms with E-state index in [0.717, 1.165) is 13.0 Å². The summed E-state index contributed by atoms with van der Waals surface area (Å²) >= 11 is 11.9. The summed E-state index contributed by atoms with van der Waals surface area (Å²) in [6.07, 6.45) is 2.07. The molecule has 0 fully saturated rings. The molecular formula is C12H15Cl2N5O. The summed E-state index contributed by atoms with van der Waals surface area (Å²) in [4.78, 5) is 16.7. The van der Waals surface area contributed by atoms with Crippen LogP contribution in [0.2, 0.25) is 10.6 Å². The number of aliphatic hydroxyl groups excluding tert-OH is 1. The molecule has 2 rings (SSSR count). The number of fused-ring (bicyclic) bond motifs is 1. The molecule has 20 heavy (non-hydrogen) atoms. The van der Waals surface area contributed by atoms with Crippen LogP contribution in [-0.2, 0) is 6.42 Å². The summed E-state index contributed by atoms with van der Waals surface area (Å²) < 4.78 is 0. The molecule has 0 radical (unpaired) electrons. The number of hydrogen-bond donors (Lipinski definition) is 2. The van der Waals surface area contributed by atoms with E-state index in [1.807, 2.05) is 6.92 Å². The second kappa shape index (κ2) is 6.97. The van der Waals surface area contributed by atoms with Gasteiger partial charge in [-0.05, 0) is 42.5 Å². The lowest BCUT2D eigenvalue weighted by atomic mass is 10.2. The maximum Gasteiger partial charge on any atom is 0.225 e. The molecule has 8 heteroatoms. The zero-order valence-electron chi connectivity index (χ0n) is 11.0. The van der Waals surface area contributed by atoms with E-state index < -0.39 is 0 Å². The van der Waals surface area contributed by atoms with Gasteiger partial charge in [0.1, 0.15) is 11.0 Å². The van der Waals surface area contributed by atoms with Crippen LogP contribution in [0.15, 0.2) is 0 Å². The summed E-state index contributed by atoms with van der Waals surface area (Å²) in [5.74, 6) is 0.552. The third kappa shape index (κ3) is 3.45. The van der Waals surface area contributed by atoms with Crippen LogP contribution in [-0.4, -0.2) is 38.2 Å². The third-order valence-corrected chi connectivity index (χ3v) is 3.01. The van der Waals surface area contributed by atoms with Crippen LogP contribution in [0.4, 0.5) is 5.82 Å². The highest BCUT2D eigenvalue weighted by molar-refractivity contribution is 6.29. The molecule has 2 aromatic heterocycles. The zero-order chi connectivity index (χ0) is 14.5. The van der Waals surface area contributed by atoms with Gasteiger partial charge >= 0.3 is 0 Å². The van der Waals surface area contributed by atoms with Crippen LogP contribution < -0.4 is 5.32 Å². The summed E-state index contributed by atoms with van der Waals surface area (Å²) in [5, 5.41) is 12.4. The normalized spacial score (nSPS) is 11.0. The first-order chi connectivity index (χ1) is 9.65. The molecule has 0 saturated carbocycles. The molecule has 0 atom stereocenters. The molecule has 0 aliphatic carbocycles. The molecule has 2 heterocycles. The van der Waals surface area contributed by atoms with Gasteiger partial charge < -0.3 is 10.4 Å². The molecule has 2 N–H and O–H groups in total. The van der Waals surface area contributed by atoms with Crippen molar-refractivity contribution in [2.75, 3.05) is 18.5 Å². The van der Waals surface area contributed by atoms with Crippen LogP contribution in [0.5, 0.6) is 0 Å². The summed E-state index contributed by atoms with van der Waals surface area (Å²) in [7, 11) is 0. The number of aromatic nitrogens is 4. The maximum atomic E-state index is 8.95. The predicted octanol–water partition coefficient (Wildman–Crippen LogP) is 2.47. The Bertz CT molecular complexity index is 555. The van der Waals surface area contributed by atoms with E-state index in [0.29, 0.717) is 35.4 Å². The van der Waals surface area contributed by atoms with Gasteiger partial charge in [0.15, 0.2) is 5.82 Å². The maximum absolute atomic E-state index is 8.95. The lowest BCUT2D eigenvalue weighted by Gasteiger charge is -2.10. The summed E-state index contributed by atoms with van der Waals surface area (Å²) in [6, 6.07) is 0. The Morgan fingerprint density at radius 2 is 1.75 bits per heavy atom. The second-order valence-corrected chi connectivity index (χ2v) is 4.91. The first-order valence-electron chi connectivity index (χ1n) is 6.40. The van der Waals surface area contributed by atoms with Gasteiger partial charge in [-0.1, -0.05) is 6.92 Å². The molecule has 2 aromatic rings. The van der Waals surface area contributed by atoms with Crippen molar-refractivity contribution in [2.24, 2.45) is 0 Å². The minimum atomic E-state index is 0.0723. The number of rotatable bonds is 6. The number of hydrogen-bond acceptors (Lipinski definition) is 6. The smallest absolute Gasteiger partial charge is 0.225 e. The highest BCUT2D eigenvalue weighted by Gasteiger charge is 2.14. The first kappa shape index (κ1) is 15.2. The fraction of sp³-hybridized carbons (Fsp3) is 0.500. The van der Waals surface area contributed by atoms with Crippen molar-refractivity contribution in [3.05, 3.63) is 16.3 Å². The number of halogens is 2. The Morgan fingerprint density at radius 1 is 1.05 bits per heavy atom. The Morgan fingerprint density at radius 3 is 2.45 bits per heavy atom. The molecule has 0 amide bonds. The van der Waals surface area contributed by atoms with Crippen LogP contribution in [0.1, 0.15) is 25.5 Å². The molecule has 6 nitrogen and oxygen atoms in total. The average molecular weight is 316 g/mol. The van der Waals surface area contributed by atoms with Crippen LogP contribution in [0, 0.1) is 0 Å². The average Bonchev–Trinajstić information content (AvgIpc) is 2.43. The van der Waals surface area contributed by atoms with Gasteiger partial charge in [-0.15, -0.1) is 0 Å². The van der Waals surface area contributed by atoms with Crippen molar-refractivity contribution >= 4 is 40.1 Å². The monoisotopic (exact) mass is 315 g/mol. The van der Waals surface area contributed by atoms with Gasteiger partial charge in [-0.25, -0.2) is 15.0 Å². The molecule has 0 aliphatic heterocycles. The summed E-state index contributed by atoms with van der Waals surface area (Å²) in [5.41, 5.74) is 1.79. The molecule has 0 aromatic carbocycles. The Hall–Kier alpha value is -1.24. The van der Waals surface area contributed by atoms with Gasteiger partial charge in [0.05, 0.1) is 5.69 Å². The van der Waals surface area contributed by atoms with E-state index in [4.69, 9.17) is 28.3 Å². The molecule has 0 spiro atoms. The number of aliphatic hydroxyl groups is 1. The van der Waals surface area contributed by atoms with Crippen molar-refractivity contribution in [3.8, 4) is 0 Å². The predicted molar refractivity (Wildman–Crippen MR) is 79.3 cm³/mol. The fourth-order valence-electron chi connectivity index (χ4n) is 1.80. The third-order valence-electron chi connectivity index (χ3n) is 2.68. The van der Waals surface area contributed by atoms with E-state index in [1.54, 1.807) is 0 Å². The number of nitrogens with one attached hydrogen (secondary N) is 1. The lowest BCUT2D eigenvalue weighted by Crippen LogP contribution is -2.07. The van der Waals surface area contributed by atoms with Gasteiger partial charge in [0, 0.05) is 13.2 Å². The van der Waals surface area contributed by atoms with Gasteiger partial charge in [0.2, 0.25) is 10.6 Å². The summed E-state index contributed by atoms with van der Waals surface area (Å²) in [6.45, 7) is 2.87. The lowest BCUT2D eigenvalue weighted by molar-refractivity contribution is 0.288. The van der Waals surface area contributed by atoms with E-state index in [1.165, 1.54) is 0 Å². The number of nitrogens with zero attached hydrogens (tertiary/aromatic N) is 4. The molecule has 108 valence electrons. The molecule has 0 aliphatic rings. The fourth-order valence-corrected chi connectivity index (χ4v) is 2.16. The highest BCUT2D eigenvalue weighted by Crippen LogP contribution is 2.24. The van der Waals surface area contributed by atoms with E-state index in [2.05, 4.69) is 25.3 Å². The van der Waals surface area contributed by atoms with Crippen LogP contribution in [0.3, 0.4) is 0 Å². The SMILES string of the molecule is CCCNc1nc(Cl)nc2c(CCCO)nc(Cl)nc12. The van der Waals surface area contributed by atoms with Crippen LogP contribution in [0.25, 0.3) is 11.0 Å². The van der Waals surface area contributed by atoms with Crippen molar-refractivity contribution < 1.29 is 5.11 Å².